The van der Waals surface area contributed by atoms with Crippen molar-refractivity contribution in [3.05, 3.63) is 23.8 Å². The van der Waals surface area contributed by atoms with Gasteiger partial charge in [0.15, 0.2) is 0 Å². The van der Waals surface area contributed by atoms with Crippen molar-refractivity contribution in [3.63, 3.8) is 0 Å². The fraction of sp³-hybridized carbons (Fsp3) is 0.692. The molecule has 0 amide bonds. The first-order valence-corrected chi connectivity index (χ1v) is 6.28. The second kappa shape index (κ2) is 4.53. The van der Waals surface area contributed by atoms with Gasteiger partial charge in [-0.15, -0.1) is 0 Å². The Kier molecular flexibility index (Phi) is 3.36. The molecule has 1 fully saturated rings. The molecule has 1 saturated carbocycles. The predicted octanol–water partition coefficient (Wildman–Crippen LogP) is 2.58. The molecule has 1 aliphatic carbocycles. The molecule has 0 radical (unpaired) electrons. The summed E-state index contributed by atoms with van der Waals surface area (Å²) in [5.74, 6) is -1.87. The minimum atomic E-state index is -2.55. The topological polar surface area (TPSA) is 51.8 Å². The highest BCUT2D eigenvalue weighted by Crippen LogP contribution is 2.46. The minimum Gasteiger partial charge on any atom is -0.327 e. The standard InChI is InChI=1S/C13H19F2N3/c1-9(16)12(3-5-13(14,15)6-4-12)11-7-17-10(2)18-8-11/h7-9H,3-6,16H2,1-2H3/t9-/m1/s1. The Hall–Kier alpha value is -1.10. The number of nitrogens with zero attached hydrogens (tertiary/aromatic N) is 2. The van der Waals surface area contributed by atoms with E-state index in [-0.39, 0.29) is 18.9 Å². The van der Waals surface area contributed by atoms with Crippen molar-refractivity contribution >= 4 is 0 Å². The van der Waals surface area contributed by atoms with Crippen molar-refractivity contribution < 1.29 is 8.78 Å². The fourth-order valence-corrected chi connectivity index (χ4v) is 2.72. The number of hydrogen-bond donors (Lipinski definition) is 1. The summed E-state index contributed by atoms with van der Waals surface area (Å²) in [4.78, 5) is 8.33. The molecule has 1 aliphatic rings. The Morgan fingerprint density at radius 1 is 1.17 bits per heavy atom. The van der Waals surface area contributed by atoms with E-state index in [0.717, 1.165) is 5.56 Å². The van der Waals surface area contributed by atoms with E-state index in [2.05, 4.69) is 9.97 Å². The highest BCUT2D eigenvalue weighted by molar-refractivity contribution is 5.24. The van der Waals surface area contributed by atoms with E-state index in [1.165, 1.54) is 0 Å². The zero-order valence-corrected chi connectivity index (χ0v) is 10.8. The molecule has 1 aromatic rings. The maximum Gasteiger partial charge on any atom is 0.248 e. The summed E-state index contributed by atoms with van der Waals surface area (Å²) in [5.41, 5.74) is 6.54. The van der Waals surface area contributed by atoms with E-state index in [1.54, 1.807) is 19.3 Å². The lowest BCUT2D eigenvalue weighted by Gasteiger charge is -2.43. The van der Waals surface area contributed by atoms with Crippen LogP contribution >= 0.6 is 0 Å². The quantitative estimate of drug-likeness (QED) is 0.883. The first-order valence-electron chi connectivity index (χ1n) is 6.28. The summed E-state index contributed by atoms with van der Waals surface area (Å²) in [6.07, 6.45) is 4.03. The Bertz CT molecular complexity index is 405. The summed E-state index contributed by atoms with van der Waals surface area (Å²) < 4.78 is 26.6. The SMILES string of the molecule is Cc1ncc(C2([C@@H](C)N)CCC(F)(F)CC2)cn1. The number of rotatable bonds is 2. The van der Waals surface area contributed by atoms with Gasteiger partial charge in [-0.25, -0.2) is 18.7 Å². The first kappa shape index (κ1) is 13.3. The molecule has 1 atom stereocenters. The van der Waals surface area contributed by atoms with Crippen LogP contribution in [0.3, 0.4) is 0 Å². The van der Waals surface area contributed by atoms with Crippen LogP contribution in [-0.4, -0.2) is 21.9 Å². The van der Waals surface area contributed by atoms with E-state index in [0.29, 0.717) is 18.7 Å². The molecule has 1 aromatic heterocycles. The van der Waals surface area contributed by atoms with Gasteiger partial charge in [-0.3, -0.25) is 0 Å². The molecule has 0 aliphatic heterocycles. The van der Waals surface area contributed by atoms with Crippen LogP contribution in [-0.2, 0) is 5.41 Å². The van der Waals surface area contributed by atoms with Gasteiger partial charge in [-0.2, -0.15) is 0 Å². The molecule has 2 N–H and O–H groups in total. The van der Waals surface area contributed by atoms with Crippen molar-refractivity contribution in [1.82, 2.24) is 9.97 Å². The molecular weight excluding hydrogens is 236 g/mol. The van der Waals surface area contributed by atoms with Crippen molar-refractivity contribution in [2.45, 2.75) is 56.9 Å². The molecular formula is C13H19F2N3. The molecule has 0 spiro atoms. The predicted molar refractivity (Wildman–Crippen MR) is 65.5 cm³/mol. The molecule has 0 unspecified atom stereocenters. The molecule has 100 valence electrons. The van der Waals surface area contributed by atoms with Crippen LogP contribution in [0, 0.1) is 6.92 Å². The fourth-order valence-electron chi connectivity index (χ4n) is 2.72. The van der Waals surface area contributed by atoms with Gasteiger partial charge < -0.3 is 5.73 Å². The first-order chi connectivity index (χ1) is 8.36. The van der Waals surface area contributed by atoms with Crippen LogP contribution in [0.1, 0.15) is 44.0 Å². The molecule has 3 nitrogen and oxygen atoms in total. The van der Waals surface area contributed by atoms with Gasteiger partial charge in [-0.05, 0) is 32.3 Å². The Labute approximate surface area is 106 Å². The monoisotopic (exact) mass is 255 g/mol. The van der Waals surface area contributed by atoms with Gasteiger partial charge in [0, 0.05) is 36.7 Å². The van der Waals surface area contributed by atoms with Crippen molar-refractivity contribution in [3.8, 4) is 0 Å². The van der Waals surface area contributed by atoms with Crippen molar-refractivity contribution in [2.24, 2.45) is 5.73 Å². The van der Waals surface area contributed by atoms with E-state index in [9.17, 15) is 8.78 Å². The number of hydrogen-bond acceptors (Lipinski definition) is 3. The molecule has 0 aromatic carbocycles. The Balaban J connectivity index is 2.31. The van der Waals surface area contributed by atoms with Crippen LogP contribution < -0.4 is 5.73 Å². The van der Waals surface area contributed by atoms with Crippen LogP contribution in [0.15, 0.2) is 12.4 Å². The molecule has 18 heavy (non-hydrogen) atoms. The largest absolute Gasteiger partial charge is 0.327 e. The summed E-state index contributed by atoms with van der Waals surface area (Å²) in [5, 5.41) is 0. The maximum absolute atomic E-state index is 13.3. The van der Waals surface area contributed by atoms with E-state index in [4.69, 9.17) is 5.73 Å². The zero-order valence-electron chi connectivity index (χ0n) is 10.8. The summed E-state index contributed by atoms with van der Waals surface area (Å²) in [6, 6.07) is -0.181. The lowest BCUT2D eigenvalue weighted by Crippen LogP contribution is -2.48. The van der Waals surface area contributed by atoms with Crippen molar-refractivity contribution in [2.75, 3.05) is 0 Å². The summed E-state index contributed by atoms with van der Waals surface area (Å²) in [6.45, 7) is 3.68. The van der Waals surface area contributed by atoms with Gasteiger partial charge in [0.1, 0.15) is 5.82 Å². The van der Waals surface area contributed by atoms with E-state index >= 15 is 0 Å². The number of alkyl halides is 2. The van der Waals surface area contributed by atoms with Gasteiger partial charge >= 0.3 is 0 Å². The van der Waals surface area contributed by atoms with Gasteiger partial charge in [0.25, 0.3) is 0 Å². The highest BCUT2D eigenvalue weighted by Gasteiger charge is 2.46. The van der Waals surface area contributed by atoms with Gasteiger partial charge in [0.05, 0.1) is 0 Å². The smallest absolute Gasteiger partial charge is 0.248 e. The number of aromatic nitrogens is 2. The normalized spacial score (nSPS) is 23.6. The number of halogens is 2. The second-order valence-corrected chi connectivity index (χ2v) is 5.32. The number of aryl methyl sites for hydroxylation is 1. The third-order valence-corrected chi connectivity index (χ3v) is 4.10. The Morgan fingerprint density at radius 2 is 1.67 bits per heavy atom. The summed E-state index contributed by atoms with van der Waals surface area (Å²) in [7, 11) is 0. The highest BCUT2D eigenvalue weighted by atomic mass is 19.3. The zero-order chi connectivity index (χ0) is 13.4. The lowest BCUT2D eigenvalue weighted by molar-refractivity contribution is -0.0548. The minimum absolute atomic E-state index is 0.109. The van der Waals surface area contributed by atoms with E-state index in [1.807, 2.05) is 6.92 Å². The Morgan fingerprint density at radius 3 is 2.11 bits per heavy atom. The van der Waals surface area contributed by atoms with Crippen LogP contribution in [0.4, 0.5) is 8.78 Å². The molecule has 1 heterocycles. The van der Waals surface area contributed by atoms with Crippen LogP contribution in [0.25, 0.3) is 0 Å². The third-order valence-electron chi connectivity index (χ3n) is 4.10. The summed E-state index contributed by atoms with van der Waals surface area (Å²) >= 11 is 0. The van der Waals surface area contributed by atoms with Gasteiger partial charge in [-0.1, -0.05) is 0 Å². The average Bonchev–Trinajstić information content (AvgIpc) is 2.30. The second-order valence-electron chi connectivity index (χ2n) is 5.32. The molecule has 0 bridgehead atoms. The lowest BCUT2D eigenvalue weighted by atomic mass is 9.65. The van der Waals surface area contributed by atoms with Crippen LogP contribution in [0.5, 0.6) is 0 Å². The van der Waals surface area contributed by atoms with Gasteiger partial charge in [0.2, 0.25) is 5.92 Å². The third kappa shape index (κ3) is 2.36. The molecule has 5 heteroatoms. The maximum atomic E-state index is 13.3. The van der Waals surface area contributed by atoms with Crippen molar-refractivity contribution in [1.29, 1.82) is 0 Å². The molecule has 0 saturated heterocycles. The van der Waals surface area contributed by atoms with Crippen LogP contribution in [0.2, 0.25) is 0 Å². The number of nitrogens with two attached hydrogens (primary N) is 1. The van der Waals surface area contributed by atoms with E-state index < -0.39 is 11.3 Å². The molecule has 2 rings (SSSR count). The average molecular weight is 255 g/mol.